The molecule has 1 fully saturated rings. The summed E-state index contributed by atoms with van der Waals surface area (Å²) >= 11 is 0. The van der Waals surface area contributed by atoms with E-state index in [0.29, 0.717) is 55.5 Å². The minimum atomic E-state index is -4.64. The Labute approximate surface area is 168 Å². The summed E-state index contributed by atoms with van der Waals surface area (Å²) in [4.78, 5) is 38.6. The van der Waals surface area contributed by atoms with Gasteiger partial charge in [0.15, 0.2) is 11.3 Å². The van der Waals surface area contributed by atoms with Crippen LogP contribution in [-0.4, -0.2) is 37.2 Å². The number of hydrogen-bond donors (Lipinski definition) is 0. The van der Waals surface area contributed by atoms with Gasteiger partial charge < -0.3 is 4.90 Å². The van der Waals surface area contributed by atoms with Gasteiger partial charge in [-0.2, -0.15) is 18.2 Å². The maximum atomic E-state index is 12.7. The number of nitrogens with zero attached hydrogens (tertiary/aromatic N) is 6. The first kappa shape index (κ1) is 20.0. The van der Waals surface area contributed by atoms with E-state index in [1.165, 1.54) is 9.13 Å². The van der Waals surface area contributed by atoms with Crippen molar-refractivity contribution in [3.05, 3.63) is 57.1 Å². The SMILES string of the molecule is Cn1c(N2CCC(Cn3cnc(C(F)(F)F)cc3=O)CC2)nc2ncccc2c1=O. The topological polar surface area (TPSA) is 85.9 Å². The van der Waals surface area contributed by atoms with Gasteiger partial charge in [0.1, 0.15) is 0 Å². The lowest BCUT2D eigenvalue weighted by molar-refractivity contribution is -0.141. The van der Waals surface area contributed by atoms with Crippen LogP contribution in [0.15, 0.2) is 40.3 Å². The highest BCUT2D eigenvalue weighted by molar-refractivity contribution is 5.74. The Bertz CT molecular complexity index is 1200. The summed E-state index contributed by atoms with van der Waals surface area (Å²) in [5.41, 5.74) is -1.69. The second kappa shape index (κ2) is 7.54. The summed E-state index contributed by atoms with van der Waals surface area (Å²) in [6, 6.07) is 3.90. The Hall–Kier alpha value is -3.24. The van der Waals surface area contributed by atoms with Crippen molar-refractivity contribution < 1.29 is 13.2 Å². The average molecular weight is 420 g/mol. The molecule has 0 unspecified atom stereocenters. The summed E-state index contributed by atoms with van der Waals surface area (Å²) < 4.78 is 40.7. The van der Waals surface area contributed by atoms with E-state index in [1.54, 1.807) is 25.4 Å². The summed E-state index contributed by atoms with van der Waals surface area (Å²) in [7, 11) is 1.66. The molecule has 1 aliphatic heterocycles. The lowest BCUT2D eigenvalue weighted by Crippen LogP contribution is -2.39. The quantitative estimate of drug-likeness (QED) is 0.643. The fourth-order valence-corrected chi connectivity index (χ4v) is 3.69. The number of halogens is 3. The van der Waals surface area contributed by atoms with Gasteiger partial charge in [0.05, 0.1) is 11.7 Å². The van der Waals surface area contributed by atoms with Crippen molar-refractivity contribution in [1.82, 2.24) is 24.1 Å². The van der Waals surface area contributed by atoms with Crippen LogP contribution in [-0.2, 0) is 19.8 Å². The highest BCUT2D eigenvalue weighted by Crippen LogP contribution is 2.26. The molecule has 158 valence electrons. The van der Waals surface area contributed by atoms with E-state index in [1.807, 2.05) is 4.90 Å². The van der Waals surface area contributed by atoms with Gasteiger partial charge in [0.2, 0.25) is 5.95 Å². The molecule has 3 aromatic rings. The molecule has 11 heteroatoms. The van der Waals surface area contributed by atoms with Crippen LogP contribution in [0.3, 0.4) is 0 Å². The van der Waals surface area contributed by atoms with Crippen LogP contribution in [0, 0.1) is 5.92 Å². The summed E-state index contributed by atoms with van der Waals surface area (Å²) in [5.74, 6) is 0.631. The van der Waals surface area contributed by atoms with E-state index in [2.05, 4.69) is 15.0 Å². The van der Waals surface area contributed by atoms with E-state index >= 15 is 0 Å². The van der Waals surface area contributed by atoms with Crippen molar-refractivity contribution in [1.29, 1.82) is 0 Å². The zero-order valence-corrected chi connectivity index (χ0v) is 16.1. The first-order chi connectivity index (χ1) is 14.2. The molecule has 8 nitrogen and oxygen atoms in total. The zero-order chi connectivity index (χ0) is 21.5. The van der Waals surface area contributed by atoms with Crippen LogP contribution >= 0.6 is 0 Å². The van der Waals surface area contributed by atoms with E-state index in [-0.39, 0.29) is 11.5 Å². The highest BCUT2D eigenvalue weighted by Gasteiger charge is 2.33. The van der Waals surface area contributed by atoms with Crippen LogP contribution in [0.1, 0.15) is 18.5 Å². The monoisotopic (exact) mass is 420 g/mol. The van der Waals surface area contributed by atoms with Crippen LogP contribution < -0.4 is 16.0 Å². The summed E-state index contributed by atoms with van der Waals surface area (Å²) in [6.45, 7) is 1.50. The maximum Gasteiger partial charge on any atom is 0.433 e. The predicted octanol–water partition coefficient (Wildman–Crippen LogP) is 1.82. The molecule has 0 radical (unpaired) electrons. The third-order valence-electron chi connectivity index (χ3n) is 5.35. The first-order valence-corrected chi connectivity index (χ1v) is 9.44. The van der Waals surface area contributed by atoms with Crippen LogP contribution in [0.25, 0.3) is 11.0 Å². The number of piperidine rings is 1. The molecule has 0 spiro atoms. The second-order valence-electron chi connectivity index (χ2n) is 7.34. The predicted molar refractivity (Wildman–Crippen MR) is 103 cm³/mol. The van der Waals surface area contributed by atoms with Crippen molar-refractivity contribution in [2.24, 2.45) is 13.0 Å². The van der Waals surface area contributed by atoms with Gasteiger partial charge in [-0.05, 0) is 30.9 Å². The molecule has 0 atom stereocenters. The lowest BCUT2D eigenvalue weighted by atomic mass is 9.97. The third-order valence-corrected chi connectivity index (χ3v) is 5.35. The minimum Gasteiger partial charge on any atom is -0.342 e. The molecule has 1 saturated heterocycles. The number of hydrogen-bond acceptors (Lipinski definition) is 6. The Kier molecular flexibility index (Phi) is 5.04. The molecular weight excluding hydrogens is 401 g/mol. The van der Waals surface area contributed by atoms with Crippen molar-refractivity contribution in [2.75, 3.05) is 18.0 Å². The highest BCUT2D eigenvalue weighted by atomic mass is 19.4. The first-order valence-electron chi connectivity index (χ1n) is 9.44. The van der Waals surface area contributed by atoms with Gasteiger partial charge in [-0.1, -0.05) is 0 Å². The molecule has 0 amide bonds. The van der Waals surface area contributed by atoms with Gasteiger partial charge >= 0.3 is 6.18 Å². The molecular formula is C19H19F3N6O2. The van der Waals surface area contributed by atoms with Gasteiger partial charge in [-0.3, -0.25) is 18.7 Å². The Morgan fingerprint density at radius 1 is 1.17 bits per heavy atom. The van der Waals surface area contributed by atoms with Crippen LogP contribution in [0.4, 0.5) is 19.1 Å². The average Bonchev–Trinajstić information content (AvgIpc) is 2.72. The molecule has 0 aromatic carbocycles. The van der Waals surface area contributed by atoms with Gasteiger partial charge in [-0.15, -0.1) is 0 Å². The summed E-state index contributed by atoms with van der Waals surface area (Å²) in [6.07, 6.45) is -0.702. The number of alkyl halides is 3. The number of anilines is 1. The van der Waals surface area contributed by atoms with Crippen molar-refractivity contribution in [3.8, 4) is 0 Å². The van der Waals surface area contributed by atoms with E-state index < -0.39 is 17.4 Å². The molecule has 0 N–H and O–H groups in total. The molecule has 1 aliphatic rings. The number of pyridine rings is 1. The van der Waals surface area contributed by atoms with E-state index in [0.717, 1.165) is 6.33 Å². The van der Waals surface area contributed by atoms with Gasteiger partial charge in [0.25, 0.3) is 11.1 Å². The van der Waals surface area contributed by atoms with Crippen LogP contribution in [0.2, 0.25) is 0 Å². The smallest absolute Gasteiger partial charge is 0.342 e. The van der Waals surface area contributed by atoms with Gasteiger partial charge in [-0.25, -0.2) is 9.97 Å². The molecule has 4 heterocycles. The zero-order valence-electron chi connectivity index (χ0n) is 16.1. The fraction of sp³-hybridized carbons (Fsp3) is 0.421. The van der Waals surface area contributed by atoms with E-state index in [4.69, 9.17) is 0 Å². The summed E-state index contributed by atoms with van der Waals surface area (Å²) in [5, 5.41) is 0.452. The van der Waals surface area contributed by atoms with Crippen molar-refractivity contribution in [2.45, 2.75) is 25.6 Å². The molecule has 0 saturated carbocycles. The molecule has 0 aliphatic carbocycles. The fourth-order valence-electron chi connectivity index (χ4n) is 3.69. The molecule has 30 heavy (non-hydrogen) atoms. The van der Waals surface area contributed by atoms with Crippen LogP contribution in [0.5, 0.6) is 0 Å². The maximum absolute atomic E-state index is 12.7. The number of aromatic nitrogens is 5. The Morgan fingerprint density at radius 3 is 2.57 bits per heavy atom. The minimum absolute atomic E-state index is 0.105. The molecule has 3 aromatic heterocycles. The Balaban J connectivity index is 1.47. The normalized spacial score (nSPS) is 15.7. The number of fused-ring (bicyclic) bond motifs is 1. The second-order valence-corrected chi connectivity index (χ2v) is 7.34. The molecule has 0 bridgehead atoms. The standard InChI is InChI=1S/C19H19F3N6O2/c1-26-17(30)13-3-2-6-23-16(13)25-18(26)27-7-4-12(5-8-27)10-28-11-24-14(9-15(28)29)19(20,21)22/h2-3,6,9,11-12H,4-5,7-8,10H2,1H3. The Morgan fingerprint density at radius 2 is 1.90 bits per heavy atom. The lowest BCUT2D eigenvalue weighted by Gasteiger charge is -2.33. The molecule has 4 rings (SSSR count). The largest absolute Gasteiger partial charge is 0.433 e. The van der Waals surface area contributed by atoms with E-state index in [9.17, 15) is 22.8 Å². The number of rotatable bonds is 3. The van der Waals surface area contributed by atoms with Crippen molar-refractivity contribution in [3.63, 3.8) is 0 Å². The van der Waals surface area contributed by atoms with Gasteiger partial charge in [0, 0.05) is 38.9 Å². The van der Waals surface area contributed by atoms with Crippen molar-refractivity contribution >= 4 is 17.0 Å². The third kappa shape index (κ3) is 3.79.